The van der Waals surface area contributed by atoms with Crippen LogP contribution in [0.2, 0.25) is 0 Å². The van der Waals surface area contributed by atoms with Crippen LogP contribution in [0.5, 0.6) is 0 Å². The highest BCUT2D eigenvalue weighted by atomic mass is 79.9. The molecule has 1 aromatic carbocycles. The average molecular weight is 310 g/mol. The molecule has 1 fully saturated rings. The van der Waals surface area contributed by atoms with E-state index in [1.54, 1.807) is 0 Å². The molecule has 0 spiro atoms. The maximum absolute atomic E-state index is 3.68. The Bertz CT molecular complexity index is 354. The van der Waals surface area contributed by atoms with E-state index in [-0.39, 0.29) is 0 Å². The monoisotopic (exact) mass is 309 g/mol. The smallest absolute Gasteiger partial charge is 0.0175 e. The topological polar surface area (TPSA) is 12.0 Å². The third kappa shape index (κ3) is 5.11. The van der Waals surface area contributed by atoms with Crippen LogP contribution in [0.3, 0.4) is 0 Å². The molecule has 1 unspecified atom stereocenters. The lowest BCUT2D eigenvalue weighted by atomic mass is 9.91. The Morgan fingerprint density at radius 1 is 1.22 bits per heavy atom. The second-order valence-electron chi connectivity index (χ2n) is 6.01. The van der Waals surface area contributed by atoms with Crippen molar-refractivity contribution in [2.75, 3.05) is 6.54 Å². The molecule has 100 valence electrons. The molecule has 1 N–H and O–H groups in total. The molecule has 2 heteroatoms. The minimum absolute atomic E-state index is 0.770. The number of hydrogen-bond acceptors (Lipinski definition) is 1. The zero-order chi connectivity index (χ0) is 13.0. The van der Waals surface area contributed by atoms with Crippen LogP contribution < -0.4 is 5.32 Å². The van der Waals surface area contributed by atoms with Crippen LogP contribution in [-0.2, 0) is 6.42 Å². The van der Waals surface area contributed by atoms with Crippen molar-refractivity contribution >= 4 is 15.9 Å². The molecule has 0 amide bonds. The minimum Gasteiger partial charge on any atom is -0.314 e. The Labute approximate surface area is 119 Å². The fraction of sp³-hybridized carbons (Fsp3) is 0.625. The standard InChI is InChI=1S/C16H24BrN/c1-12(2)9-14(11-18-16-7-8-16)10-13-3-5-15(17)6-4-13/h3-6,12,14,16,18H,7-11H2,1-2H3. The van der Waals surface area contributed by atoms with E-state index in [2.05, 4.69) is 59.4 Å². The van der Waals surface area contributed by atoms with Gasteiger partial charge in [-0.1, -0.05) is 41.9 Å². The molecule has 0 bridgehead atoms. The molecule has 1 aromatic rings. The second-order valence-corrected chi connectivity index (χ2v) is 6.92. The molecule has 1 atom stereocenters. The van der Waals surface area contributed by atoms with Crippen LogP contribution in [0, 0.1) is 11.8 Å². The van der Waals surface area contributed by atoms with Crippen LogP contribution in [-0.4, -0.2) is 12.6 Å². The van der Waals surface area contributed by atoms with Gasteiger partial charge < -0.3 is 5.32 Å². The van der Waals surface area contributed by atoms with E-state index < -0.39 is 0 Å². The maximum atomic E-state index is 3.68. The highest BCUT2D eigenvalue weighted by Gasteiger charge is 2.22. The molecule has 0 heterocycles. The van der Waals surface area contributed by atoms with Gasteiger partial charge in [0.15, 0.2) is 0 Å². The van der Waals surface area contributed by atoms with E-state index in [1.165, 1.54) is 42.3 Å². The van der Waals surface area contributed by atoms with Crippen molar-refractivity contribution in [2.45, 2.75) is 45.6 Å². The van der Waals surface area contributed by atoms with Gasteiger partial charge in [-0.2, -0.15) is 0 Å². The molecule has 1 nitrogen and oxygen atoms in total. The fourth-order valence-corrected chi connectivity index (χ4v) is 2.74. The van der Waals surface area contributed by atoms with Gasteiger partial charge in [0.25, 0.3) is 0 Å². The Kier molecular flexibility index (Phi) is 5.25. The first kappa shape index (κ1) is 14.1. The summed E-state index contributed by atoms with van der Waals surface area (Å²) in [5.41, 5.74) is 1.46. The van der Waals surface area contributed by atoms with E-state index in [1.807, 2.05) is 0 Å². The summed E-state index contributed by atoms with van der Waals surface area (Å²) in [6.07, 6.45) is 5.28. The number of rotatable bonds is 7. The highest BCUT2D eigenvalue weighted by Crippen LogP contribution is 2.22. The summed E-state index contributed by atoms with van der Waals surface area (Å²) in [5.74, 6) is 1.55. The Morgan fingerprint density at radius 3 is 2.44 bits per heavy atom. The summed E-state index contributed by atoms with van der Waals surface area (Å²) in [7, 11) is 0. The molecule has 0 saturated heterocycles. The normalized spacial score (nSPS) is 17.1. The van der Waals surface area contributed by atoms with E-state index in [0.717, 1.165) is 17.9 Å². The number of hydrogen-bond donors (Lipinski definition) is 1. The third-order valence-corrected chi connectivity index (χ3v) is 4.04. The Hall–Kier alpha value is -0.340. The van der Waals surface area contributed by atoms with Gasteiger partial charge in [-0.15, -0.1) is 0 Å². The first-order valence-corrected chi connectivity index (χ1v) is 7.90. The largest absolute Gasteiger partial charge is 0.314 e. The van der Waals surface area contributed by atoms with E-state index in [4.69, 9.17) is 0 Å². The van der Waals surface area contributed by atoms with Gasteiger partial charge in [0.05, 0.1) is 0 Å². The summed E-state index contributed by atoms with van der Waals surface area (Å²) < 4.78 is 1.17. The SMILES string of the molecule is CC(C)CC(CNC1CC1)Cc1ccc(Br)cc1. The van der Waals surface area contributed by atoms with Gasteiger partial charge in [0, 0.05) is 10.5 Å². The van der Waals surface area contributed by atoms with Crippen LogP contribution in [0.25, 0.3) is 0 Å². The molecular formula is C16H24BrN. The first-order valence-electron chi connectivity index (χ1n) is 7.11. The Morgan fingerprint density at radius 2 is 1.89 bits per heavy atom. The third-order valence-electron chi connectivity index (χ3n) is 3.51. The second kappa shape index (κ2) is 6.72. The van der Waals surface area contributed by atoms with Crippen LogP contribution in [0.4, 0.5) is 0 Å². The molecule has 1 aliphatic carbocycles. The van der Waals surface area contributed by atoms with Crippen molar-refractivity contribution in [1.82, 2.24) is 5.32 Å². The van der Waals surface area contributed by atoms with Gasteiger partial charge in [-0.3, -0.25) is 0 Å². The predicted octanol–water partition coefficient (Wildman–Crippen LogP) is 4.41. The van der Waals surface area contributed by atoms with Gasteiger partial charge >= 0.3 is 0 Å². The summed E-state index contributed by atoms with van der Waals surface area (Å²) in [5, 5.41) is 3.68. The summed E-state index contributed by atoms with van der Waals surface area (Å²) in [6, 6.07) is 9.61. The molecule has 1 saturated carbocycles. The highest BCUT2D eigenvalue weighted by molar-refractivity contribution is 9.10. The molecule has 0 aliphatic heterocycles. The lowest BCUT2D eigenvalue weighted by Gasteiger charge is -2.20. The summed E-state index contributed by atoms with van der Waals surface area (Å²) >= 11 is 3.50. The molecule has 1 aliphatic rings. The van der Waals surface area contributed by atoms with Crippen molar-refractivity contribution in [2.24, 2.45) is 11.8 Å². The molecule has 0 radical (unpaired) electrons. The van der Waals surface area contributed by atoms with Gasteiger partial charge in [0.2, 0.25) is 0 Å². The lowest BCUT2D eigenvalue weighted by Crippen LogP contribution is -2.27. The quantitative estimate of drug-likeness (QED) is 0.787. The van der Waals surface area contributed by atoms with Crippen molar-refractivity contribution in [3.05, 3.63) is 34.3 Å². The van der Waals surface area contributed by atoms with Crippen LogP contribution in [0.1, 0.15) is 38.7 Å². The first-order chi connectivity index (χ1) is 8.63. The van der Waals surface area contributed by atoms with E-state index in [0.29, 0.717) is 0 Å². The van der Waals surface area contributed by atoms with Crippen LogP contribution >= 0.6 is 15.9 Å². The maximum Gasteiger partial charge on any atom is 0.0175 e. The van der Waals surface area contributed by atoms with Crippen molar-refractivity contribution < 1.29 is 0 Å². The molecule has 0 aromatic heterocycles. The van der Waals surface area contributed by atoms with Gasteiger partial charge in [0.1, 0.15) is 0 Å². The van der Waals surface area contributed by atoms with Crippen molar-refractivity contribution in [3.63, 3.8) is 0 Å². The van der Waals surface area contributed by atoms with Gasteiger partial charge in [-0.05, 0) is 61.8 Å². The number of halogens is 1. The molecular weight excluding hydrogens is 286 g/mol. The predicted molar refractivity (Wildman–Crippen MR) is 81.8 cm³/mol. The lowest BCUT2D eigenvalue weighted by molar-refractivity contribution is 0.384. The van der Waals surface area contributed by atoms with Crippen LogP contribution in [0.15, 0.2) is 28.7 Å². The zero-order valence-corrected chi connectivity index (χ0v) is 13.0. The Balaban J connectivity index is 1.87. The van der Waals surface area contributed by atoms with E-state index >= 15 is 0 Å². The fourth-order valence-electron chi connectivity index (χ4n) is 2.48. The van der Waals surface area contributed by atoms with E-state index in [9.17, 15) is 0 Å². The minimum atomic E-state index is 0.770. The zero-order valence-electron chi connectivity index (χ0n) is 11.5. The average Bonchev–Trinajstić information content (AvgIpc) is 3.12. The molecule has 2 rings (SSSR count). The molecule has 18 heavy (non-hydrogen) atoms. The number of nitrogens with one attached hydrogen (secondary N) is 1. The summed E-state index contributed by atoms with van der Waals surface area (Å²) in [6.45, 7) is 5.83. The van der Waals surface area contributed by atoms with Crippen molar-refractivity contribution in [1.29, 1.82) is 0 Å². The van der Waals surface area contributed by atoms with Crippen molar-refractivity contribution in [3.8, 4) is 0 Å². The number of benzene rings is 1. The summed E-state index contributed by atoms with van der Waals surface area (Å²) in [4.78, 5) is 0. The van der Waals surface area contributed by atoms with Gasteiger partial charge in [-0.25, -0.2) is 0 Å².